The average Bonchev–Trinajstić information content (AvgIpc) is 2.85. The lowest BCUT2D eigenvalue weighted by Crippen LogP contribution is -2.40. The van der Waals surface area contributed by atoms with Crippen molar-refractivity contribution in [1.29, 1.82) is 0 Å². The topological polar surface area (TPSA) is 59.0 Å². The summed E-state index contributed by atoms with van der Waals surface area (Å²) in [6.45, 7) is 1.45. The van der Waals surface area contributed by atoms with E-state index in [2.05, 4.69) is 15.6 Å². The molecule has 5 heteroatoms. The summed E-state index contributed by atoms with van der Waals surface area (Å²) in [6.07, 6.45) is 5.62. The molecule has 1 atom stereocenters. The van der Waals surface area contributed by atoms with E-state index >= 15 is 0 Å². The molecule has 1 aliphatic heterocycles. The summed E-state index contributed by atoms with van der Waals surface area (Å²) in [4.78, 5) is 15.8. The first-order valence-electron chi connectivity index (χ1n) is 5.24. The van der Waals surface area contributed by atoms with Gasteiger partial charge in [0.2, 0.25) is 5.91 Å². The monoisotopic (exact) mass is 208 g/mol. The fourth-order valence-corrected chi connectivity index (χ4v) is 1.76. The number of nitrogens with zero attached hydrogens (tertiary/aromatic N) is 2. The van der Waals surface area contributed by atoms with E-state index in [1.54, 1.807) is 6.20 Å². The lowest BCUT2D eigenvalue weighted by molar-refractivity contribution is -0.123. The van der Waals surface area contributed by atoms with Gasteiger partial charge in [-0.25, -0.2) is 4.98 Å². The number of carbonyl (C=O) groups excluding carboxylic acids is 1. The number of aromatic nitrogens is 2. The Bertz CT molecular complexity index is 341. The molecule has 1 aliphatic rings. The fraction of sp³-hybridized carbons (Fsp3) is 0.600. The van der Waals surface area contributed by atoms with Crippen LogP contribution in [0.1, 0.15) is 18.7 Å². The smallest absolute Gasteiger partial charge is 0.237 e. The van der Waals surface area contributed by atoms with Crippen LogP contribution in [0.4, 0.5) is 0 Å². The Morgan fingerprint density at radius 3 is 3.27 bits per heavy atom. The SMILES string of the molecule is Cn1ccnc1CNC(=O)[C@H]1CCCN1. The third-order valence-electron chi connectivity index (χ3n) is 2.72. The average molecular weight is 208 g/mol. The number of nitrogens with one attached hydrogen (secondary N) is 2. The van der Waals surface area contributed by atoms with Gasteiger partial charge in [0, 0.05) is 19.4 Å². The normalized spacial score (nSPS) is 20.5. The number of rotatable bonds is 3. The van der Waals surface area contributed by atoms with Crippen LogP contribution in [0.25, 0.3) is 0 Å². The van der Waals surface area contributed by atoms with Gasteiger partial charge in [-0.2, -0.15) is 0 Å². The predicted molar refractivity (Wildman–Crippen MR) is 56.1 cm³/mol. The summed E-state index contributed by atoms with van der Waals surface area (Å²) in [5, 5.41) is 6.04. The molecule has 0 radical (unpaired) electrons. The van der Waals surface area contributed by atoms with Crippen LogP contribution in [0, 0.1) is 0 Å². The van der Waals surface area contributed by atoms with Crippen LogP contribution in [0.2, 0.25) is 0 Å². The number of imidazole rings is 1. The van der Waals surface area contributed by atoms with Crippen LogP contribution in [0.3, 0.4) is 0 Å². The first-order valence-corrected chi connectivity index (χ1v) is 5.24. The van der Waals surface area contributed by atoms with Crippen molar-refractivity contribution in [3.63, 3.8) is 0 Å². The lowest BCUT2D eigenvalue weighted by atomic mass is 10.2. The Morgan fingerprint density at radius 2 is 2.67 bits per heavy atom. The van der Waals surface area contributed by atoms with Crippen molar-refractivity contribution in [2.45, 2.75) is 25.4 Å². The number of carbonyl (C=O) groups is 1. The summed E-state index contributed by atoms with van der Waals surface area (Å²) in [5.41, 5.74) is 0. The third-order valence-corrected chi connectivity index (χ3v) is 2.72. The Morgan fingerprint density at radius 1 is 1.80 bits per heavy atom. The highest BCUT2D eigenvalue weighted by atomic mass is 16.2. The standard InChI is InChI=1S/C10H16N4O/c1-14-6-5-12-9(14)7-13-10(15)8-3-2-4-11-8/h5-6,8,11H,2-4,7H2,1H3,(H,13,15)/t8-/m1/s1. The van der Waals surface area contributed by atoms with E-state index in [4.69, 9.17) is 0 Å². The van der Waals surface area contributed by atoms with Gasteiger partial charge in [0.05, 0.1) is 12.6 Å². The van der Waals surface area contributed by atoms with Crippen LogP contribution in [-0.2, 0) is 18.4 Å². The van der Waals surface area contributed by atoms with Crippen molar-refractivity contribution in [1.82, 2.24) is 20.2 Å². The minimum Gasteiger partial charge on any atom is -0.348 e. The lowest BCUT2D eigenvalue weighted by Gasteiger charge is -2.10. The molecular weight excluding hydrogens is 192 g/mol. The minimum absolute atomic E-state index is 0.00901. The van der Waals surface area contributed by atoms with E-state index < -0.39 is 0 Å². The van der Waals surface area contributed by atoms with Gasteiger partial charge in [-0.05, 0) is 19.4 Å². The van der Waals surface area contributed by atoms with E-state index in [9.17, 15) is 4.79 Å². The molecule has 0 aromatic carbocycles. The molecule has 0 saturated carbocycles. The highest BCUT2D eigenvalue weighted by Crippen LogP contribution is 2.04. The molecule has 0 aliphatic carbocycles. The zero-order chi connectivity index (χ0) is 10.7. The summed E-state index contributed by atoms with van der Waals surface area (Å²) in [5.74, 6) is 0.955. The number of hydrogen-bond acceptors (Lipinski definition) is 3. The van der Waals surface area contributed by atoms with E-state index in [-0.39, 0.29) is 11.9 Å². The van der Waals surface area contributed by atoms with E-state index in [0.29, 0.717) is 6.54 Å². The molecule has 1 aromatic rings. The van der Waals surface area contributed by atoms with Crippen LogP contribution in [0.5, 0.6) is 0 Å². The van der Waals surface area contributed by atoms with Gasteiger partial charge in [0.1, 0.15) is 5.82 Å². The molecule has 1 amide bonds. The Balaban J connectivity index is 1.83. The number of amides is 1. The molecule has 1 saturated heterocycles. The van der Waals surface area contributed by atoms with Gasteiger partial charge in [-0.1, -0.05) is 0 Å². The molecule has 15 heavy (non-hydrogen) atoms. The zero-order valence-electron chi connectivity index (χ0n) is 8.86. The second-order valence-electron chi connectivity index (χ2n) is 3.82. The first kappa shape index (κ1) is 10.2. The second kappa shape index (κ2) is 4.44. The van der Waals surface area contributed by atoms with Crippen LogP contribution in [-0.4, -0.2) is 28.0 Å². The molecule has 2 heterocycles. The molecule has 2 N–H and O–H groups in total. The highest BCUT2D eigenvalue weighted by molar-refractivity contribution is 5.81. The highest BCUT2D eigenvalue weighted by Gasteiger charge is 2.21. The Labute approximate surface area is 88.9 Å². The maximum Gasteiger partial charge on any atom is 0.237 e. The van der Waals surface area contributed by atoms with Crippen molar-refractivity contribution in [2.24, 2.45) is 7.05 Å². The van der Waals surface area contributed by atoms with Gasteiger partial charge in [-0.3, -0.25) is 4.79 Å². The van der Waals surface area contributed by atoms with Crippen molar-refractivity contribution in [2.75, 3.05) is 6.54 Å². The zero-order valence-corrected chi connectivity index (χ0v) is 8.86. The Hall–Kier alpha value is -1.36. The number of hydrogen-bond donors (Lipinski definition) is 2. The molecule has 1 aromatic heterocycles. The van der Waals surface area contributed by atoms with Crippen molar-refractivity contribution in [3.05, 3.63) is 18.2 Å². The fourth-order valence-electron chi connectivity index (χ4n) is 1.76. The molecule has 0 bridgehead atoms. The summed E-state index contributed by atoms with van der Waals surface area (Å²) in [7, 11) is 1.92. The molecule has 2 rings (SSSR count). The Kier molecular flexibility index (Phi) is 3.01. The van der Waals surface area contributed by atoms with Crippen molar-refractivity contribution in [3.8, 4) is 0 Å². The molecular formula is C10H16N4O. The van der Waals surface area contributed by atoms with Crippen LogP contribution < -0.4 is 10.6 Å². The molecule has 0 unspecified atom stereocenters. The molecule has 5 nitrogen and oxygen atoms in total. The van der Waals surface area contributed by atoms with Gasteiger partial charge in [0.15, 0.2) is 0 Å². The maximum absolute atomic E-state index is 11.6. The van der Waals surface area contributed by atoms with Gasteiger partial charge in [0.25, 0.3) is 0 Å². The summed E-state index contributed by atoms with van der Waals surface area (Å²) >= 11 is 0. The predicted octanol–water partition coefficient (Wildman–Crippen LogP) is -0.212. The van der Waals surface area contributed by atoms with Crippen molar-refractivity contribution >= 4 is 5.91 Å². The minimum atomic E-state index is -0.00901. The van der Waals surface area contributed by atoms with Crippen LogP contribution >= 0.6 is 0 Å². The quantitative estimate of drug-likeness (QED) is 0.722. The summed E-state index contributed by atoms with van der Waals surface area (Å²) < 4.78 is 1.91. The molecule has 82 valence electrons. The van der Waals surface area contributed by atoms with E-state index in [1.165, 1.54) is 0 Å². The maximum atomic E-state index is 11.6. The largest absolute Gasteiger partial charge is 0.348 e. The second-order valence-corrected chi connectivity index (χ2v) is 3.82. The first-order chi connectivity index (χ1) is 7.27. The van der Waals surface area contributed by atoms with Crippen molar-refractivity contribution < 1.29 is 4.79 Å². The molecule has 0 spiro atoms. The van der Waals surface area contributed by atoms with Gasteiger partial charge < -0.3 is 15.2 Å². The van der Waals surface area contributed by atoms with Crippen LogP contribution in [0.15, 0.2) is 12.4 Å². The van der Waals surface area contributed by atoms with Gasteiger partial charge in [-0.15, -0.1) is 0 Å². The number of aryl methyl sites for hydroxylation is 1. The summed E-state index contributed by atoms with van der Waals surface area (Å²) in [6, 6.07) is -0.00901. The molecule has 1 fully saturated rings. The van der Waals surface area contributed by atoms with E-state index in [0.717, 1.165) is 25.2 Å². The van der Waals surface area contributed by atoms with Gasteiger partial charge >= 0.3 is 0 Å². The third kappa shape index (κ3) is 2.36. The van der Waals surface area contributed by atoms with E-state index in [1.807, 2.05) is 17.8 Å².